The van der Waals surface area contributed by atoms with Gasteiger partial charge in [-0.1, -0.05) is 28.1 Å². The van der Waals surface area contributed by atoms with Gasteiger partial charge in [0.25, 0.3) is 0 Å². The molecule has 0 aromatic heterocycles. The third kappa shape index (κ3) is 7.89. The van der Waals surface area contributed by atoms with E-state index in [2.05, 4.69) is 15.9 Å². The normalized spacial score (nSPS) is 10.4. The van der Waals surface area contributed by atoms with Crippen molar-refractivity contribution in [3.63, 3.8) is 0 Å². The largest absolute Gasteiger partial charge is 0.300 e. The molecule has 0 unspecified atom stereocenters. The molecule has 0 aliphatic rings. The molecule has 2 heteroatoms. The van der Waals surface area contributed by atoms with Crippen molar-refractivity contribution in [3.8, 4) is 0 Å². The van der Waals surface area contributed by atoms with Crippen LogP contribution < -0.4 is 0 Å². The second kappa shape index (κ2) is 6.02. The highest BCUT2D eigenvalue weighted by Crippen LogP contribution is 1.92. The summed E-state index contributed by atoms with van der Waals surface area (Å²) >= 11 is 3.24. The highest BCUT2D eigenvalue weighted by molar-refractivity contribution is 9.09. The highest BCUT2D eigenvalue weighted by Gasteiger charge is 1.86. The van der Waals surface area contributed by atoms with Crippen molar-refractivity contribution < 1.29 is 4.79 Å². The maximum Gasteiger partial charge on any atom is 0.130 e. The zero-order valence-electron chi connectivity index (χ0n) is 5.56. The summed E-state index contributed by atoms with van der Waals surface area (Å²) in [4.78, 5) is 10.4. The average Bonchev–Trinajstić information content (AvgIpc) is 1.80. The van der Waals surface area contributed by atoms with Gasteiger partial charge in [-0.15, -0.1) is 0 Å². The molecule has 9 heavy (non-hydrogen) atoms. The van der Waals surface area contributed by atoms with E-state index in [1.54, 1.807) is 6.92 Å². The van der Waals surface area contributed by atoms with Gasteiger partial charge in [0.15, 0.2) is 0 Å². The van der Waals surface area contributed by atoms with Crippen LogP contribution in [0.3, 0.4) is 0 Å². The molecule has 0 rings (SSSR count). The maximum atomic E-state index is 10.4. The Morgan fingerprint density at radius 1 is 1.56 bits per heavy atom. The number of Topliss-reactive ketones (excluding diaryl/α,β-unsaturated/α-hetero) is 1. The predicted molar refractivity (Wildman–Crippen MR) is 42.8 cm³/mol. The van der Waals surface area contributed by atoms with Gasteiger partial charge < -0.3 is 4.79 Å². The lowest BCUT2D eigenvalue weighted by Gasteiger charge is -1.85. The van der Waals surface area contributed by atoms with E-state index in [0.29, 0.717) is 6.42 Å². The summed E-state index contributed by atoms with van der Waals surface area (Å²) in [7, 11) is 0. The molecular formula is C7H11BrO. The van der Waals surface area contributed by atoms with Crippen LogP contribution >= 0.6 is 15.9 Å². The molecule has 0 amide bonds. The van der Waals surface area contributed by atoms with Gasteiger partial charge in [0, 0.05) is 11.8 Å². The van der Waals surface area contributed by atoms with E-state index in [0.717, 1.165) is 11.8 Å². The number of carbonyl (C=O) groups is 1. The van der Waals surface area contributed by atoms with Crippen molar-refractivity contribution in [1.82, 2.24) is 0 Å². The summed E-state index contributed by atoms with van der Waals surface area (Å²) in [6, 6.07) is 0. The molecule has 0 N–H and O–H groups in total. The molecule has 0 radical (unpaired) electrons. The zero-order valence-corrected chi connectivity index (χ0v) is 7.15. The Labute approximate surface area is 64.3 Å². The number of ketones is 1. The third-order valence-electron chi connectivity index (χ3n) is 0.919. The van der Waals surface area contributed by atoms with Crippen LogP contribution in [0.5, 0.6) is 0 Å². The van der Waals surface area contributed by atoms with Crippen LogP contribution in [0.15, 0.2) is 12.2 Å². The number of halogens is 1. The topological polar surface area (TPSA) is 17.1 Å². The van der Waals surface area contributed by atoms with E-state index in [9.17, 15) is 4.79 Å². The van der Waals surface area contributed by atoms with E-state index in [4.69, 9.17) is 0 Å². The zero-order chi connectivity index (χ0) is 7.11. The van der Waals surface area contributed by atoms with Crippen molar-refractivity contribution in [1.29, 1.82) is 0 Å². The fraction of sp³-hybridized carbons (Fsp3) is 0.571. The Morgan fingerprint density at radius 2 is 2.22 bits per heavy atom. The number of rotatable bonds is 4. The molecule has 0 fully saturated rings. The van der Waals surface area contributed by atoms with E-state index >= 15 is 0 Å². The van der Waals surface area contributed by atoms with Crippen molar-refractivity contribution in [2.45, 2.75) is 19.8 Å². The van der Waals surface area contributed by atoms with E-state index in [1.165, 1.54) is 0 Å². The summed E-state index contributed by atoms with van der Waals surface area (Å²) in [6.45, 7) is 1.61. The van der Waals surface area contributed by atoms with E-state index < -0.39 is 0 Å². The fourth-order valence-corrected chi connectivity index (χ4v) is 0.732. The van der Waals surface area contributed by atoms with Gasteiger partial charge >= 0.3 is 0 Å². The van der Waals surface area contributed by atoms with Crippen LogP contribution in [0.4, 0.5) is 0 Å². The first kappa shape index (κ1) is 8.89. The van der Waals surface area contributed by atoms with Crippen LogP contribution in [0.1, 0.15) is 19.8 Å². The molecule has 0 bridgehead atoms. The average molecular weight is 191 g/mol. The fourth-order valence-electron chi connectivity index (χ4n) is 0.467. The van der Waals surface area contributed by atoms with Crippen molar-refractivity contribution in [3.05, 3.63) is 12.2 Å². The van der Waals surface area contributed by atoms with Crippen LogP contribution in [0.25, 0.3) is 0 Å². The summed E-state index contributed by atoms with van der Waals surface area (Å²) in [6.07, 6.45) is 5.56. The number of allylic oxidation sites excluding steroid dienone is 2. The van der Waals surface area contributed by atoms with Crippen molar-refractivity contribution in [2.75, 3.05) is 5.33 Å². The molecule has 0 aliphatic heterocycles. The van der Waals surface area contributed by atoms with Gasteiger partial charge in [-0.3, -0.25) is 0 Å². The molecule has 52 valence electrons. The molecule has 0 aromatic rings. The third-order valence-corrected chi connectivity index (χ3v) is 1.29. The minimum absolute atomic E-state index is 0.259. The predicted octanol–water partition coefficient (Wildman–Crippen LogP) is 2.31. The molecular weight excluding hydrogens is 180 g/mol. The van der Waals surface area contributed by atoms with Gasteiger partial charge in [-0.05, 0) is 13.3 Å². The second-order valence-corrected chi connectivity index (χ2v) is 2.51. The molecule has 1 nitrogen and oxygen atoms in total. The lowest BCUT2D eigenvalue weighted by atomic mass is 10.2. The molecule has 0 saturated heterocycles. The summed E-state index contributed by atoms with van der Waals surface area (Å²) in [5.41, 5.74) is 0. The highest BCUT2D eigenvalue weighted by atomic mass is 79.9. The first-order chi connectivity index (χ1) is 4.27. The van der Waals surface area contributed by atoms with E-state index in [-0.39, 0.29) is 5.78 Å². The molecule has 0 atom stereocenters. The summed E-state index contributed by atoms with van der Waals surface area (Å²) in [5, 5.41) is 0.880. The number of hydrogen-bond acceptors (Lipinski definition) is 1. The molecule has 0 heterocycles. The molecule has 0 spiro atoms. The Morgan fingerprint density at radius 3 is 2.67 bits per heavy atom. The van der Waals surface area contributed by atoms with Crippen LogP contribution in [0, 0.1) is 0 Å². The first-order valence-electron chi connectivity index (χ1n) is 2.97. The quantitative estimate of drug-likeness (QED) is 0.492. The number of alkyl halides is 1. The standard InChI is InChI=1S/C7H11BrO/c1-7(9)5-3-2-4-6-8/h2,4H,3,5-6H2,1H3/b4-2-. The maximum absolute atomic E-state index is 10.4. The van der Waals surface area contributed by atoms with Crippen LogP contribution in [0.2, 0.25) is 0 Å². The van der Waals surface area contributed by atoms with Crippen LogP contribution in [-0.2, 0) is 4.79 Å². The van der Waals surface area contributed by atoms with Gasteiger partial charge in [-0.2, -0.15) is 0 Å². The minimum atomic E-state index is 0.259. The van der Waals surface area contributed by atoms with Gasteiger partial charge in [0.1, 0.15) is 5.78 Å². The summed E-state index contributed by atoms with van der Waals surface area (Å²) < 4.78 is 0. The van der Waals surface area contributed by atoms with E-state index in [1.807, 2.05) is 12.2 Å². The SMILES string of the molecule is CC(=O)CC/C=C\CBr. The van der Waals surface area contributed by atoms with Gasteiger partial charge in [-0.25, -0.2) is 0 Å². The molecule has 0 aliphatic carbocycles. The first-order valence-corrected chi connectivity index (χ1v) is 4.10. The smallest absolute Gasteiger partial charge is 0.130 e. The molecule has 0 aromatic carbocycles. The van der Waals surface area contributed by atoms with Gasteiger partial charge in [0.2, 0.25) is 0 Å². The Bertz CT molecular complexity index is 107. The van der Waals surface area contributed by atoms with Gasteiger partial charge in [0.05, 0.1) is 0 Å². The van der Waals surface area contributed by atoms with Crippen LogP contribution in [-0.4, -0.2) is 11.1 Å². The number of carbonyl (C=O) groups excluding carboxylic acids is 1. The number of hydrogen-bond donors (Lipinski definition) is 0. The Kier molecular flexibility index (Phi) is 5.94. The van der Waals surface area contributed by atoms with Crippen molar-refractivity contribution in [2.24, 2.45) is 0 Å². The lowest BCUT2D eigenvalue weighted by molar-refractivity contribution is -0.116. The second-order valence-electron chi connectivity index (χ2n) is 1.87. The minimum Gasteiger partial charge on any atom is -0.300 e. The lowest BCUT2D eigenvalue weighted by Crippen LogP contribution is -1.86. The Hall–Kier alpha value is -0.110. The summed E-state index contributed by atoms with van der Waals surface area (Å²) in [5.74, 6) is 0.259. The molecule has 0 saturated carbocycles. The Balaban J connectivity index is 3.09. The van der Waals surface area contributed by atoms with Crippen molar-refractivity contribution >= 4 is 21.7 Å². The monoisotopic (exact) mass is 190 g/mol.